The van der Waals surface area contributed by atoms with Crippen molar-refractivity contribution in [2.24, 2.45) is 0 Å². The van der Waals surface area contributed by atoms with Gasteiger partial charge in [0.1, 0.15) is 0 Å². The van der Waals surface area contributed by atoms with Gasteiger partial charge in [-0.3, -0.25) is 0 Å². The third kappa shape index (κ3) is 1.99. The molecule has 8 heavy (non-hydrogen) atoms. The molecule has 0 aromatic rings. The number of β-amino-alcohol motifs (C(OH)–C–C–N with tert-alkyl or cyclic N) is 1. The summed E-state index contributed by atoms with van der Waals surface area (Å²) in [6, 6.07) is 0.523. The lowest BCUT2D eigenvalue weighted by molar-refractivity contribution is 0.194. The van der Waals surface area contributed by atoms with Gasteiger partial charge < -0.3 is 10.4 Å². The molecule has 1 aliphatic heterocycles. The Morgan fingerprint density at radius 3 is 2.38 bits per heavy atom. The summed E-state index contributed by atoms with van der Waals surface area (Å²) in [6.45, 7) is 2.86. The van der Waals surface area contributed by atoms with Gasteiger partial charge in [-0.15, -0.1) is 12.4 Å². The van der Waals surface area contributed by atoms with Gasteiger partial charge in [0.2, 0.25) is 0 Å². The second kappa shape index (κ2) is 3.28. The fourth-order valence-electron chi connectivity index (χ4n) is 0.912. The highest BCUT2D eigenvalue weighted by atomic mass is 35.5. The molecule has 0 radical (unpaired) electrons. The molecule has 2 atom stereocenters. The molecular weight excluding hydrogens is 126 g/mol. The van der Waals surface area contributed by atoms with Crippen molar-refractivity contribution in [2.75, 3.05) is 6.54 Å². The van der Waals surface area contributed by atoms with E-state index in [1.54, 1.807) is 0 Å². The second-order valence-corrected chi connectivity index (χ2v) is 2.20. The Labute approximate surface area is 55.7 Å². The first-order chi connectivity index (χ1) is 3.29. The van der Waals surface area contributed by atoms with E-state index in [9.17, 15) is 0 Å². The Bertz CT molecular complexity index is 61.4. The highest BCUT2D eigenvalue weighted by Gasteiger charge is 2.16. The SMILES string of the molecule is C[C@H]1C[C@H](O)CN1.Cl. The maximum absolute atomic E-state index is 8.84. The topological polar surface area (TPSA) is 32.3 Å². The van der Waals surface area contributed by atoms with Gasteiger partial charge in [-0.2, -0.15) is 0 Å². The Morgan fingerprint density at radius 1 is 1.62 bits per heavy atom. The minimum Gasteiger partial charge on any atom is -0.392 e. The molecule has 1 aliphatic rings. The molecule has 1 saturated heterocycles. The van der Waals surface area contributed by atoms with E-state index in [-0.39, 0.29) is 18.5 Å². The van der Waals surface area contributed by atoms with Gasteiger partial charge >= 0.3 is 0 Å². The number of hydrogen-bond acceptors (Lipinski definition) is 2. The zero-order chi connectivity index (χ0) is 5.28. The van der Waals surface area contributed by atoms with Crippen molar-refractivity contribution in [3.05, 3.63) is 0 Å². The van der Waals surface area contributed by atoms with Crippen molar-refractivity contribution in [3.63, 3.8) is 0 Å². The van der Waals surface area contributed by atoms with E-state index in [2.05, 4.69) is 12.2 Å². The molecule has 0 aliphatic carbocycles. The van der Waals surface area contributed by atoms with Crippen LogP contribution in [0.15, 0.2) is 0 Å². The number of halogens is 1. The first-order valence-corrected chi connectivity index (χ1v) is 2.70. The predicted molar refractivity (Wildman–Crippen MR) is 35.3 cm³/mol. The molecule has 0 saturated carbocycles. The van der Waals surface area contributed by atoms with Gasteiger partial charge in [0.25, 0.3) is 0 Å². The fourth-order valence-corrected chi connectivity index (χ4v) is 0.912. The van der Waals surface area contributed by atoms with Crippen LogP contribution < -0.4 is 5.32 Å². The molecule has 3 heteroatoms. The van der Waals surface area contributed by atoms with Crippen LogP contribution in [0.25, 0.3) is 0 Å². The molecule has 2 N–H and O–H groups in total. The van der Waals surface area contributed by atoms with Crippen molar-refractivity contribution in [2.45, 2.75) is 25.5 Å². The van der Waals surface area contributed by atoms with Crippen LogP contribution in [0, 0.1) is 0 Å². The summed E-state index contributed by atoms with van der Waals surface area (Å²) >= 11 is 0. The summed E-state index contributed by atoms with van der Waals surface area (Å²) in [4.78, 5) is 0. The van der Waals surface area contributed by atoms with E-state index in [0.29, 0.717) is 6.04 Å². The fraction of sp³-hybridized carbons (Fsp3) is 1.00. The van der Waals surface area contributed by atoms with Crippen LogP contribution in [0.3, 0.4) is 0 Å². The monoisotopic (exact) mass is 137 g/mol. The molecule has 0 spiro atoms. The molecule has 0 aromatic heterocycles. The smallest absolute Gasteiger partial charge is 0.0679 e. The molecule has 1 rings (SSSR count). The lowest BCUT2D eigenvalue weighted by Gasteiger charge is -1.95. The number of aliphatic hydroxyl groups excluding tert-OH is 1. The Kier molecular flexibility index (Phi) is 3.36. The van der Waals surface area contributed by atoms with Crippen LogP contribution in [0.4, 0.5) is 0 Å². The summed E-state index contributed by atoms with van der Waals surface area (Å²) in [7, 11) is 0. The first kappa shape index (κ1) is 8.21. The molecule has 1 fully saturated rings. The predicted octanol–water partition coefficient (Wildman–Crippen LogP) is 0.151. The van der Waals surface area contributed by atoms with E-state index < -0.39 is 0 Å². The van der Waals surface area contributed by atoms with Crippen molar-refractivity contribution >= 4 is 12.4 Å². The summed E-state index contributed by atoms with van der Waals surface area (Å²) in [6.07, 6.45) is 0.829. The maximum atomic E-state index is 8.84. The Hall–Kier alpha value is 0.210. The minimum atomic E-state index is -0.0880. The van der Waals surface area contributed by atoms with Gasteiger partial charge in [-0.1, -0.05) is 0 Å². The standard InChI is InChI=1S/C5H11NO.ClH/c1-4-2-5(7)3-6-4;/h4-7H,2-3H2,1H3;1H/t4-,5-;/m0./s1. The van der Waals surface area contributed by atoms with Crippen molar-refractivity contribution in [1.82, 2.24) is 5.32 Å². The van der Waals surface area contributed by atoms with Crippen LogP contribution in [-0.4, -0.2) is 23.8 Å². The van der Waals surface area contributed by atoms with Crippen molar-refractivity contribution in [1.29, 1.82) is 0 Å². The van der Waals surface area contributed by atoms with E-state index >= 15 is 0 Å². The van der Waals surface area contributed by atoms with Crippen LogP contribution in [-0.2, 0) is 0 Å². The molecule has 0 bridgehead atoms. The van der Waals surface area contributed by atoms with Crippen LogP contribution in [0.5, 0.6) is 0 Å². The van der Waals surface area contributed by atoms with Gasteiger partial charge in [0, 0.05) is 12.6 Å². The summed E-state index contributed by atoms with van der Waals surface area (Å²) < 4.78 is 0. The molecule has 2 nitrogen and oxygen atoms in total. The van der Waals surface area contributed by atoms with E-state index in [1.165, 1.54) is 0 Å². The van der Waals surface area contributed by atoms with Gasteiger partial charge in [-0.05, 0) is 13.3 Å². The second-order valence-electron chi connectivity index (χ2n) is 2.20. The molecule has 50 valence electrons. The minimum absolute atomic E-state index is 0. The van der Waals surface area contributed by atoms with E-state index in [0.717, 1.165) is 13.0 Å². The van der Waals surface area contributed by atoms with E-state index in [4.69, 9.17) is 5.11 Å². The van der Waals surface area contributed by atoms with Crippen LogP contribution in [0.1, 0.15) is 13.3 Å². The van der Waals surface area contributed by atoms with E-state index in [1.807, 2.05) is 0 Å². The zero-order valence-electron chi connectivity index (χ0n) is 4.92. The molecule has 0 amide bonds. The summed E-state index contributed by atoms with van der Waals surface area (Å²) in [5, 5.41) is 12.0. The maximum Gasteiger partial charge on any atom is 0.0679 e. The molecule has 0 aromatic carbocycles. The number of rotatable bonds is 0. The Morgan fingerprint density at radius 2 is 2.25 bits per heavy atom. The lowest BCUT2D eigenvalue weighted by atomic mass is 10.2. The first-order valence-electron chi connectivity index (χ1n) is 2.70. The normalized spacial score (nSPS) is 36.8. The highest BCUT2D eigenvalue weighted by molar-refractivity contribution is 5.85. The largest absolute Gasteiger partial charge is 0.392 e. The highest BCUT2D eigenvalue weighted by Crippen LogP contribution is 2.03. The van der Waals surface area contributed by atoms with Gasteiger partial charge in [0.15, 0.2) is 0 Å². The molecule has 0 unspecified atom stereocenters. The van der Waals surface area contributed by atoms with Gasteiger partial charge in [-0.25, -0.2) is 0 Å². The van der Waals surface area contributed by atoms with Crippen LogP contribution >= 0.6 is 12.4 Å². The number of nitrogens with one attached hydrogen (secondary N) is 1. The van der Waals surface area contributed by atoms with Crippen molar-refractivity contribution < 1.29 is 5.11 Å². The van der Waals surface area contributed by atoms with Crippen LogP contribution in [0.2, 0.25) is 0 Å². The zero-order valence-corrected chi connectivity index (χ0v) is 5.74. The Balaban J connectivity index is 0.000000490. The summed E-state index contributed by atoms with van der Waals surface area (Å²) in [5.41, 5.74) is 0. The van der Waals surface area contributed by atoms with Gasteiger partial charge in [0.05, 0.1) is 6.10 Å². The third-order valence-corrected chi connectivity index (χ3v) is 1.33. The summed E-state index contributed by atoms with van der Waals surface area (Å²) in [5.74, 6) is 0. The number of aliphatic hydroxyl groups is 1. The number of hydrogen-bond donors (Lipinski definition) is 2. The average Bonchev–Trinajstić information content (AvgIpc) is 1.87. The van der Waals surface area contributed by atoms with Crippen molar-refractivity contribution in [3.8, 4) is 0 Å². The molecular formula is C5H12ClNO. The molecule has 1 heterocycles. The average molecular weight is 138 g/mol. The lowest BCUT2D eigenvalue weighted by Crippen LogP contribution is -2.17. The quantitative estimate of drug-likeness (QED) is 0.498. The third-order valence-electron chi connectivity index (χ3n) is 1.33.